The Kier molecular flexibility index (Phi) is 3.91. The Morgan fingerprint density at radius 2 is 2.25 bits per heavy atom. The summed E-state index contributed by atoms with van der Waals surface area (Å²) >= 11 is 0. The molecule has 1 aliphatic rings. The Bertz CT molecular complexity index is 124. The molecule has 3 N–H and O–H groups in total. The standard InChI is InChI=1S/C8H17FN2O/c9-7-4-8(12)6-11(5-7)3-1-2-10/h7-8,12H,1-6,10H2. The zero-order valence-corrected chi connectivity index (χ0v) is 7.25. The molecule has 1 aliphatic heterocycles. The highest BCUT2D eigenvalue weighted by Crippen LogP contribution is 2.13. The topological polar surface area (TPSA) is 49.5 Å². The molecular weight excluding hydrogens is 159 g/mol. The molecule has 12 heavy (non-hydrogen) atoms. The van der Waals surface area contributed by atoms with Crippen molar-refractivity contribution in [2.75, 3.05) is 26.2 Å². The van der Waals surface area contributed by atoms with E-state index in [-0.39, 0.29) is 0 Å². The third-order valence-electron chi connectivity index (χ3n) is 2.13. The van der Waals surface area contributed by atoms with Crippen molar-refractivity contribution in [3.63, 3.8) is 0 Å². The number of nitrogens with two attached hydrogens (primary N) is 1. The van der Waals surface area contributed by atoms with Crippen molar-refractivity contribution in [1.29, 1.82) is 0 Å². The number of aliphatic hydroxyl groups is 1. The van der Waals surface area contributed by atoms with Crippen molar-refractivity contribution in [1.82, 2.24) is 4.90 Å². The number of likely N-dealkylation sites (tertiary alicyclic amines) is 1. The predicted octanol–water partition coefficient (Wildman–Crippen LogP) is -0.260. The molecule has 0 bridgehead atoms. The molecule has 4 heteroatoms. The van der Waals surface area contributed by atoms with Crippen molar-refractivity contribution >= 4 is 0 Å². The largest absolute Gasteiger partial charge is 0.392 e. The van der Waals surface area contributed by atoms with Crippen LogP contribution in [-0.2, 0) is 0 Å². The molecule has 1 saturated heterocycles. The molecule has 0 aromatic heterocycles. The van der Waals surface area contributed by atoms with Crippen molar-refractivity contribution in [2.24, 2.45) is 5.73 Å². The zero-order valence-electron chi connectivity index (χ0n) is 7.25. The van der Waals surface area contributed by atoms with Gasteiger partial charge in [-0.25, -0.2) is 4.39 Å². The first-order chi connectivity index (χ1) is 5.72. The molecule has 0 saturated carbocycles. The Morgan fingerprint density at radius 3 is 2.83 bits per heavy atom. The van der Waals surface area contributed by atoms with Crippen LogP contribution in [0.25, 0.3) is 0 Å². The van der Waals surface area contributed by atoms with Gasteiger partial charge in [-0.3, -0.25) is 4.90 Å². The van der Waals surface area contributed by atoms with Crippen LogP contribution < -0.4 is 5.73 Å². The maximum atomic E-state index is 12.9. The van der Waals surface area contributed by atoms with Crippen LogP contribution in [0.5, 0.6) is 0 Å². The highest BCUT2D eigenvalue weighted by molar-refractivity contribution is 4.78. The smallest absolute Gasteiger partial charge is 0.115 e. The fraction of sp³-hybridized carbons (Fsp3) is 1.00. The van der Waals surface area contributed by atoms with Gasteiger partial charge < -0.3 is 10.8 Å². The average molecular weight is 176 g/mol. The highest BCUT2D eigenvalue weighted by atomic mass is 19.1. The van der Waals surface area contributed by atoms with Gasteiger partial charge in [-0.1, -0.05) is 0 Å². The molecule has 2 unspecified atom stereocenters. The Morgan fingerprint density at radius 1 is 1.50 bits per heavy atom. The predicted molar refractivity (Wildman–Crippen MR) is 45.6 cm³/mol. The van der Waals surface area contributed by atoms with Gasteiger partial charge in [-0.2, -0.15) is 0 Å². The van der Waals surface area contributed by atoms with Crippen LogP contribution in [0, 0.1) is 0 Å². The number of hydrogen-bond donors (Lipinski definition) is 2. The van der Waals surface area contributed by atoms with Crippen LogP contribution in [-0.4, -0.2) is 48.5 Å². The van der Waals surface area contributed by atoms with Crippen LogP contribution >= 0.6 is 0 Å². The lowest BCUT2D eigenvalue weighted by molar-refractivity contribution is 0.0262. The Balaban J connectivity index is 2.24. The second-order valence-electron chi connectivity index (χ2n) is 3.39. The summed E-state index contributed by atoms with van der Waals surface area (Å²) in [6, 6.07) is 0. The summed E-state index contributed by atoms with van der Waals surface area (Å²) in [5.74, 6) is 0. The van der Waals surface area contributed by atoms with E-state index in [9.17, 15) is 9.50 Å². The third-order valence-corrected chi connectivity index (χ3v) is 2.13. The first kappa shape index (κ1) is 9.89. The molecule has 1 rings (SSSR count). The van der Waals surface area contributed by atoms with Crippen LogP contribution in [0.15, 0.2) is 0 Å². The highest BCUT2D eigenvalue weighted by Gasteiger charge is 2.24. The number of nitrogens with zero attached hydrogens (tertiary/aromatic N) is 1. The maximum Gasteiger partial charge on any atom is 0.115 e. The van der Waals surface area contributed by atoms with Crippen LogP contribution in [0.4, 0.5) is 4.39 Å². The van der Waals surface area contributed by atoms with Crippen molar-refractivity contribution in [3.05, 3.63) is 0 Å². The number of aliphatic hydroxyl groups excluding tert-OH is 1. The zero-order chi connectivity index (χ0) is 8.97. The van der Waals surface area contributed by atoms with E-state index in [1.165, 1.54) is 0 Å². The fourth-order valence-electron chi connectivity index (χ4n) is 1.59. The van der Waals surface area contributed by atoms with Gasteiger partial charge in [0.15, 0.2) is 0 Å². The lowest BCUT2D eigenvalue weighted by atomic mass is 10.1. The van der Waals surface area contributed by atoms with E-state index in [4.69, 9.17) is 5.73 Å². The summed E-state index contributed by atoms with van der Waals surface area (Å²) in [6.07, 6.45) is -0.198. The van der Waals surface area contributed by atoms with E-state index in [1.807, 2.05) is 4.90 Å². The van der Waals surface area contributed by atoms with Gasteiger partial charge in [0.1, 0.15) is 6.17 Å². The summed E-state index contributed by atoms with van der Waals surface area (Å²) in [5, 5.41) is 9.24. The van der Waals surface area contributed by atoms with E-state index in [0.717, 1.165) is 13.0 Å². The quantitative estimate of drug-likeness (QED) is 0.623. The van der Waals surface area contributed by atoms with Gasteiger partial charge in [-0.05, 0) is 19.5 Å². The lowest BCUT2D eigenvalue weighted by Crippen LogP contribution is -2.44. The van der Waals surface area contributed by atoms with Gasteiger partial charge in [0.25, 0.3) is 0 Å². The number of hydrogen-bond acceptors (Lipinski definition) is 3. The number of β-amino-alcohol motifs (C(OH)–C–C–N with tert-alkyl or cyclic N) is 1. The maximum absolute atomic E-state index is 12.9. The van der Waals surface area contributed by atoms with Gasteiger partial charge in [0.05, 0.1) is 6.10 Å². The normalized spacial score (nSPS) is 32.2. The molecule has 0 aromatic carbocycles. The van der Waals surface area contributed by atoms with E-state index < -0.39 is 12.3 Å². The van der Waals surface area contributed by atoms with Gasteiger partial charge in [-0.15, -0.1) is 0 Å². The number of piperidine rings is 1. The monoisotopic (exact) mass is 176 g/mol. The van der Waals surface area contributed by atoms with Gasteiger partial charge in [0.2, 0.25) is 0 Å². The molecule has 0 radical (unpaired) electrons. The second kappa shape index (κ2) is 4.74. The minimum absolute atomic E-state index is 0.291. The summed E-state index contributed by atoms with van der Waals surface area (Å²) in [4.78, 5) is 1.94. The molecule has 1 heterocycles. The second-order valence-corrected chi connectivity index (χ2v) is 3.39. The number of alkyl halides is 1. The Hall–Kier alpha value is -0.190. The minimum Gasteiger partial charge on any atom is -0.392 e. The third kappa shape index (κ3) is 3.05. The first-order valence-electron chi connectivity index (χ1n) is 4.47. The molecule has 0 aliphatic carbocycles. The lowest BCUT2D eigenvalue weighted by Gasteiger charge is -2.31. The Labute approximate surface area is 72.3 Å². The molecule has 0 aromatic rings. The molecule has 1 fully saturated rings. The molecule has 2 atom stereocenters. The van der Waals surface area contributed by atoms with Gasteiger partial charge >= 0.3 is 0 Å². The van der Waals surface area contributed by atoms with E-state index >= 15 is 0 Å². The molecule has 0 spiro atoms. The van der Waals surface area contributed by atoms with Crippen molar-refractivity contribution in [3.8, 4) is 0 Å². The van der Waals surface area contributed by atoms with Crippen LogP contribution in [0.1, 0.15) is 12.8 Å². The van der Waals surface area contributed by atoms with Crippen molar-refractivity contribution < 1.29 is 9.50 Å². The number of rotatable bonds is 3. The molecule has 72 valence electrons. The van der Waals surface area contributed by atoms with Crippen molar-refractivity contribution in [2.45, 2.75) is 25.1 Å². The van der Waals surface area contributed by atoms with Crippen LogP contribution in [0.3, 0.4) is 0 Å². The molecule has 3 nitrogen and oxygen atoms in total. The fourth-order valence-corrected chi connectivity index (χ4v) is 1.59. The van der Waals surface area contributed by atoms with E-state index in [1.54, 1.807) is 0 Å². The number of halogens is 1. The van der Waals surface area contributed by atoms with E-state index in [2.05, 4.69) is 0 Å². The minimum atomic E-state index is -0.869. The summed E-state index contributed by atoms with van der Waals surface area (Å²) in [6.45, 7) is 2.48. The molecule has 0 amide bonds. The first-order valence-corrected chi connectivity index (χ1v) is 4.47. The SMILES string of the molecule is NCCCN1CC(O)CC(F)C1. The summed E-state index contributed by atoms with van der Waals surface area (Å²) in [5.41, 5.74) is 5.33. The summed E-state index contributed by atoms with van der Waals surface area (Å²) < 4.78 is 12.9. The van der Waals surface area contributed by atoms with E-state index in [0.29, 0.717) is 26.1 Å². The van der Waals surface area contributed by atoms with Gasteiger partial charge in [0, 0.05) is 19.5 Å². The average Bonchev–Trinajstić information content (AvgIpc) is 1.99. The molecular formula is C8H17FN2O. The summed E-state index contributed by atoms with van der Waals surface area (Å²) in [7, 11) is 0. The van der Waals surface area contributed by atoms with Crippen LogP contribution in [0.2, 0.25) is 0 Å².